The van der Waals surface area contributed by atoms with Crippen LogP contribution in [0, 0.1) is 0 Å². The van der Waals surface area contributed by atoms with Gasteiger partial charge in [-0.3, -0.25) is 4.79 Å². The summed E-state index contributed by atoms with van der Waals surface area (Å²) < 4.78 is 23.6. The third kappa shape index (κ3) is 2.96. The molecule has 0 aromatic heterocycles. The van der Waals surface area contributed by atoms with Gasteiger partial charge in [-0.15, -0.1) is 0 Å². The van der Waals surface area contributed by atoms with Crippen molar-refractivity contribution in [3.8, 4) is 0 Å². The smallest absolute Gasteiger partial charge is 0.241 e. The monoisotopic (exact) mass is 282 g/mol. The van der Waals surface area contributed by atoms with E-state index in [1.165, 1.54) is 6.07 Å². The number of anilines is 1. The van der Waals surface area contributed by atoms with E-state index >= 15 is 0 Å². The van der Waals surface area contributed by atoms with Gasteiger partial charge in [0.15, 0.2) is 9.84 Å². The summed E-state index contributed by atoms with van der Waals surface area (Å²) in [6, 6.07) is 4.43. The fourth-order valence-electron chi connectivity index (χ4n) is 2.16. The molecule has 1 aromatic rings. The lowest BCUT2D eigenvalue weighted by molar-refractivity contribution is -0.117. The van der Waals surface area contributed by atoms with Gasteiger partial charge in [-0.05, 0) is 30.5 Å². The number of carbonyl (C=O) groups excluding carboxylic acids is 1. The molecule has 1 aliphatic heterocycles. The minimum Gasteiger partial charge on any atom is -0.325 e. The van der Waals surface area contributed by atoms with Gasteiger partial charge in [-0.2, -0.15) is 0 Å². The first-order valence-electron chi connectivity index (χ1n) is 6.36. The molecule has 1 heterocycles. The molecule has 5 nitrogen and oxygen atoms in total. The molecule has 1 amide bonds. The highest BCUT2D eigenvalue weighted by molar-refractivity contribution is 7.91. The zero-order chi connectivity index (χ0) is 14.0. The number of hydrogen-bond acceptors (Lipinski definition) is 4. The van der Waals surface area contributed by atoms with Crippen LogP contribution in [-0.2, 0) is 21.1 Å². The van der Waals surface area contributed by atoms with Crippen LogP contribution >= 0.6 is 0 Å². The Balaban J connectivity index is 2.18. The topological polar surface area (TPSA) is 89.3 Å². The maximum Gasteiger partial charge on any atom is 0.241 e. The van der Waals surface area contributed by atoms with Crippen molar-refractivity contribution in [1.82, 2.24) is 0 Å². The number of hydrogen-bond donors (Lipinski definition) is 2. The average molecular weight is 282 g/mol. The molecule has 1 atom stereocenters. The normalized spacial score (nSPS) is 17.8. The van der Waals surface area contributed by atoms with E-state index in [0.717, 1.165) is 12.0 Å². The first-order valence-corrected chi connectivity index (χ1v) is 8.01. The van der Waals surface area contributed by atoms with E-state index in [1.54, 1.807) is 12.1 Å². The van der Waals surface area contributed by atoms with E-state index in [2.05, 4.69) is 5.32 Å². The molecule has 3 N–H and O–H groups in total. The van der Waals surface area contributed by atoms with E-state index in [-0.39, 0.29) is 11.7 Å². The lowest BCUT2D eigenvalue weighted by atomic mass is 10.1. The third-order valence-corrected chi connectivity index (χ3v) is 5.04. The maximum absolute atomic E-state index is 11.8. The van der Waals surface area contributed by atoms with Crippen molar-refractivity contribution in [2.75, 3.05) is 11.1 Å². The van der Waals surface area contributed by atoms with Crippen LogP contribution in [0.15, 0.2) is 23.1 Å². The van der Waals surface area contributed by atoms with Crippen molar-refractivity contribution in [2.24, 2.45) is 5.73 Å². The SMILES string of the molecule is CCCC(N)C(=O)Nc1ccc2c(c1)S(=O)(=O)CC2. The van der Waals surface area contributed by atoms with Crippen molar-refractivity contribution >= 4 is 21.4 Å². The molecule has 6 heteroatoms. The lowest BCUT2D eigenvalue weighted by Crippen LogP contribution is -2.35. The number of nitrogens with two attached hydrogens (primary N) is 1. The Morgan fingerprint density at radius 3 is 2.89 bits per heavy atom. The summed E-state index contributed by atoms with van der Waals surface area (Å²) in [5.74, 6) is -0.132. The summed E-state index contributed by atoms with van der Waals surface area (Å²) in [4.78, 5) is 12.1. The second-order valence-electron chi connectivity index (χ2n) is 4.78. The second kappa shape index (κ2) is 5.30. The van der Waals surface area contributed by atoms with Crippen LogP contribution in [-0.4, -0.2) is 26.1 Å². The van der Waals surface area contributed by atoms with Crippen molar-refractivity contribution in [3.63, 3.8) is 0 Å². The molecular formula is C13H18N2O3S. The Labute approximate surface area is 113 Å². The molecule has 0 aliphatic carbocycles. The summed E-state index contributed by atoms with van der Waals surface area (Å²) in [6.45, 7) is 1.95. The molecule has 1 aliphatic rings. The molecule has 0 radical (unpaired) electrons. The molecule has 0 spiro atoms. The molecule has 0 bridgehead atoms. The molecular weight excluding hydrogens is 264 g/mol. The number of benzene rings is 1. The van der Waals surface area contributed by atoms with Crippen LogP contribution in [0.5, 0.6) is 0 Å². The molecule has 0 fully saturated rings. The van der Waals surface area contributed by atoms with Crippen LogP contribution in [0.1, 0.15) is 25.3 Å². The first-order chi connectivity index (χ1) is 8.94. The van der Waals surface area contributed by atoms with Gasteiger partial charge in [0, 0.05) is 5.69 Å². The number of aryl methyl sites for hydroxylation is 1. The summed E-state index contributed by atoms with van der Waals surface area (Å²) >= 11 is 0. The van der Waals surface area contributed by atoms with E-state index in [0.29, 0.717) is 23.4 Å². The highest BCUT2D eigenvalue weighted by atomic mass is 32.2. The van der Waals surface area contributed by atoms with E-state index in [4.69, 9.17) is 5.73 Å². The highest BCUT2D eigenvalue weighted by Crippen LogP contribution is 2.28. The number of nitrogens with one attached hydrogen (secondary N) is 1. The number of sulfone groups is 1. The Bertz CT molecular complexity index is 596. The predicted octanol–water partition coefficient (Wildman–Crippen LogP) is 1.08. The molecule has 0 saturated carbocycles. The van der Waals surface area contributed by atoms with Crippen LogP contribution in [0.4, 0.5) is 5.69 Å². The summed E-state index contributed by atoms with van der Waals surface area (Å²) in [5, 5.41) is 2.67. The zero-order valence-electron chi connectivity index (χ0n) is 10.8. The molecule has 1 aromatic carbocycles. The average Bonchev–Trinajstić information content (AvgIpc) is 2.66. The Kier molecular flexibility index (Phi) is 3.91. The molecule has 19 heavy (non-hydrogen) atoms. The van der Waals surface area contributed by atoms with Gasteiger partial charge in [-0.25, -0.2) is 8.42 Å². The third-order valence-electron chi connectivity index (χ3n) is 3.25. The predicted molar refractivity (Wildman–Crippen MR) is 73.7 cm³/mol. The van der Waals surface area contributed by atoms with Crippen LogP contribution in [0.25, 0.3) is 0 Å². The van der Waals surface area contributed by atoms with Gasteiger partial charge in [0.2, 0.25) is 5.91 Å². The standard InChI is InChI=1S/C13H18N2O3S/c1-2-3-11(14)13(16)15-10-5-4-9-6-7-19(17,18)12(9)8-10/h4-5,8,11H,2-3,6-7,14H2,1H3,(H,15,16). The van der Waals surface area contributed by atoms with Crippen molar-refractivity contribution in [1.29, 1.82) is 0 Å². The second-order valence-corrected chi connectivity index (χ2v) is 6.85. The summed E-state index contributed by atoms with van der Waals surface area (Å²) in [7, 11) is -3.18. The van der Waals surface area contributed by atoms with Gasteiger partial charge < -0.3 is 11.1 Å². The van der Waals surface area contributed by atoms with E-state index in [1.807, 2.05) is 6.92 Å². The van der Waals surface area contributed by atoms with Crippen molar-refractivity contribution in [2.45, 2.75) is 37.1 Å². The first kappa shape index (κ1) is 14.0. The Morgan fingerprint density at radius 1 is 1.47 bits per heavy atom. The highest BCUT2D eigenvalue weighted by Gasteiger charge is 2.26. The van der Waals surface area contributed by atoms with Gasteiger partial charge in [-0.1, -0.05) is 19.4 Å². The minimum atomic E-state index is -3.18. The zero-order valence-corrected chi connectivity index (χ0v) is 11.7. The number of carbonyl (C=O) groups is 1. The van der Waals surface area contributed by atoms with Crippen molar-refractivity contribution in [3.05, 3.63) is 23.8 Å². The summed E-state index contributed by atoms with van der Waals surface area (Å²) in [6.07, 6.45) is 1.98. The van der Waals surface area contributed by atoms with Crippen molar-refractivity contribution < 1.29 is 13.2 Å². The number of rotatable bonds is 4. The fourth-order valence-corrected chi connectivity index (χ4v) is 3.74. The molecule has 1 unspecified atom stereocenters. The van der Waals surface area contributed by atoms with E-state index < -0.39 is 15.9 Å². The fraction of sp³-hybridized carbons (Fsp3) is 0.462. The molecule has 0 saturated heterocycles. The minimum absolute atomic E-state index is 0.148. The van der Waals surface area contributed by atoms with Crippen LogP contribution in [0.3, 0.4) is 0 Å². The van der Waals surface area contributed by atoms with Gasteiger partial charge in [0.05, 0.1) is 16.7 Å². The quantitative estimate of drug-likeness (QED) is 0.865. The Morgan fingerprint density at radius 2 is 2.21 bits per heavy atom. The Hall–Kier alpha value is -1.40. The largest absolute Gasteiger partial charge is 0.325 e. The van der Waals surface area contributed by atoms with Gasteiger partial charge in [0.25, 0.3) is 0 Å². The van der Waals surface area contributed by atoms with Crippen LogP contribution < -0.4 is 11.1 Å². The summed E-state index contributed by atoms with van der Waals surface area (Å²) in [5.41, 5.74) is 7.01. The van der Waals surface area contributed by atoms with Gasteiger partial charge in [0.1, 0.15) is 0 Å². The maximum atomic E-state index is 11.8. The van der Waals surface area contributed by atoms with Gasteiger partial charge >= 0.3 is 0 Å². The molecule has 2 rings (SSSR count). The van der Waals surface area contributed by atoms with E-state index in [9.17, 15) is 13.2 Å². The molecule has 104 valence electrons. The lowest BCUT2D eigenvalue weighted by Gasteiger charge is -2.12. The van der Waals surface area contributed by atoms with Crippen LogP contribution in [0.2, 0.25) is 0 Å². The number of amides is 1. The number of fused-ring (bicyclic) bond motifs is 1.